The van der Waals surface area contributed by atoms with Crippen LogP contribution in [0.5, 0.6) is 5.75 Å². The molecule has 1 aliphatic carbocycles. The lowest BCUT2D eigenvalue weighted by molar-refractivity contribution is 0.0711. The molecule has 1 aromatic heterocycles. The van der Waals surface area contributed by atoms with Crippen molar-refractivity contribution >= 4 is 22.5 Å². The highest BCUT2D eigenvalue weighted by atomic mass is 16.5. The van der Waals surface area contributed by atoms with Crippen LogP contribution in [-0.2, 0) is 0 Å². The Morgan fingerprint density at radius 1 is 1.17 bits per heavy atom. The van der Waals surface area contributed by atoms with Crippen molar-refractivity contribution in [2.45, 2.75) is 31.8 Å². The summed E-state index contributed by atoms with van der Waals surface area (Å²) >= 11 is 0. The van der Waals surface area contributed by atoms with E-state index >= 15 is 0 Å². The number of pyridine rings is 1. The summed E-state index contributed by atoms with van der Waals surface area (Å²) in [6, 6.07) is 18.1. The van der Waals surface area contributed by atoms with Gasteiger partial charge in [0, 0.05) is 30.6 Å². The van der Waals surface area contributed by atoms with Gasteiger partial charge in [0.15, 0.2) is 0 Å². The minimum Gasteiger partial charge on any atom is -0.485 e. The van der Waals surface area contributed by atoms with Gasteiger partial charge in [0.2, 0.25) is 0 Å². The van der Waals surface area contributed by atoms with Crippen molar-refractivity contribution in [1.82, 2.24) is 9.88 Å². The van der Waals surface area contributed by atoms with E-state index in [1.165, 1.54) is 0 Å². The van der Waals surface area contributed by atoms with E-state index in [4.69, 9.17) is 9.72 Å². The van der Waals surface area contributed by atoms with E-state index in [2.05, 4.69) is 17.9 Å². The van der Waals surface area contributed by atoms with Crippen molar-refractivity contribution in [3.05, 3.63) is 65.9 Å². The Labute approximate surface area is 177 Å². The molecular weight excluding hydrogens is 374 g/mol. The number of nitrogens with zero attached hydrogens (tertiary/aromatic N) is 3. The van der Waals surface area contributed by atoms with Crippen LogP contribution in [0, 0.1) is 0 Å². The van der Waals surface area contributed by atoms with Crippen LogP contribution in [0.3, 0.4) is 0 Å². The standard InChI is InChI=1S/C25H27N3O2/c1-3-28-16-18(30-24-11-7-6-10-23(24)28)15-27(2)25(29)20-14-22(17-12-13-17)26-21-9-5-4-8-19(20)21/h4-11,14,17-18H,3,12-13,15-16H2,1-2H3. The molecule has 1 saturated carbocycles. The fourth-order valence-electron chi connectivity index (χ4n) is 4.33. The van der Waals surface area contributed by atoms with Crippen molar-refractivity contribution in [3.8, 4) is 5.75 Å². The van der Waals surface area contributed by atoms with Gasteiger partial charge >= 0.3 is 0 Å². The molecule has 0 bridgehead atoms. The third kappa shape index (κ3) is 3.49. The highest BCUT2D eigenvalue weighted by Gasteiger charge is 2.29. The van der Waals surface area contributed by atoms with Crippen LogP contribution in [0.4, 0.5) is 5.69 Å². The highest BCUT2D eigenvalue weighted by molar-refractivity contribution is 6.06. The lowest BCUT2D eigenvalue weighted by Gasteiger charge is -2.37. The normalized spacial score (nSPS) is 18.1. The highest BCUT2D eigenvalue weighted by Crippen LogP contribution is 2.40. The van der Waals surface area contributed by atoms with Gasteiger partial charge < -0.3 is 14.5 Å². The number of carbonyl (C=O) groups is 1. The van der Waals surface area contributed by atoms with Gasteiger partial charge in [0.1, 0.15) is 11.9 Å². The summed E-state index contributed by atoms with van der Waals surface area (Å²) in [5.41, 5.74) is 3.82. The van der Waals surface area contributed by atoms with Crippen LogP contribution in [-0.4, -0.2) is 48.6 Å². The Morgan fingerprint density at radius 3 is 2.73 bits per heavy atom. The van der Waals surface area contributed by atoms with E-state index in [1.807, 2.05) is 55.6 Å². The molecule has 0 radical (unpaired) electrons. The molecule has 1 atom stereocenters. The van der Waals surface area contributed by atoms with Crippen molar-refractivity contribution < 1.29 is 9.53 Å². The number of aromatic nitrogens is 1. The van der Waals surface area contributed by atoms with E-state index in [0.29, 0.717) is 12.5 Å². The Hall–Kier alpha value is -3.08. The van der Waals surface area contributed by atoms with E-state index in [9.17, 15) is 4.79 Å². The number of anilines is 1. The molecule has 154 valence electrons. The maximum absolute atomic E-state index is 13.5. The van der Waals surface area contributed by atoms with E-state index in [1.54, 1.807) is 4.90 Å². The minimum absolute atomic E-state index is 0.0287. The number of amides is 1. The molecule has 0 spiro atoms. The van der Waals surface area contributed by atoms with Crippen molar-refractivity contribution in [2.24, 2.45) is 0 Å². The molecule has 5 heteroatoms. The zero-order valence-electron chi connectivity index (χ0n) is 17.5. The molecule has 1 unspecified atom stereocenters. The molecule has 1 fully saturated rings. The molecule has 2 aromatic carbocycles. The van der Waals surface area contributed by atoms with Crippen molar-refractivity contribution in [1.29, 1.82) is 0 Å². The minimum atomic E-state index is -0.0650. The smallest absolute Gasteiger partial charge is 0.254 e. The number of fused-ring (bicyclic) bond motifs is 2. The Morgan fingerprint density at radius 2 is 1.93 bits per heavy atom. The van der Waals surface area contributed by atoms with Gasteiger partial charge in [0.25, 0.3) is 5.91 Å². The molecular formula is C25H27N3O2. The lowest BCUT2D eigenvalue weighted by atomic mass is 10.0. The Bertz CT molecular complexity index is 1090. The third-order valence-corrected chi connectivity index (χ3v) is 6.09. The largest absolute Gasteiger partial charge is 0.485 e. The molecule has 30 heavy (non-hydrogen) atoms. The Balaban J connectivity index is 1.40. The molecule has 3 aromatic rings. The summed E-state index contributed by atoms with van der Waals surface area (Å²) in [6.07, 6.45) is 2.26. The lowest BCUT2D eigenvalue weighted by Crippen LogP contribution is -2.46. The van der Waals surface area contributed by atoms with E-state index < -0.39 is 0 Å². The van der Waals surface area contributed by atoms with Crippen LogP contribution in [0.15, 0.2) is 54.6 Å². The molecule has 1 aliphatic heterocycles. The number of para-hydroxylation sites is 3. The molecule has 0 N–H and O–H groups in total. The molecule has 5 rings (SSSR count). The number of likely N-dealkylation sites (N-methyl/N-ethyl adjacent to an activating group) is 2. The molecule has 1 amide bonds. The van der Waals surface area contributed by atoms with Crippen LogP contribution >= 0.6 is 0 Å². The van der Waals surface area contributed by atoms with Crippen molar-refractivity contribution in [3.63, 3.8) is 0 Å². The number of hydrogen-bond acceptors (Lipinski definition) is 4. The first-order valence-corrected chi connectivity index (χ1v) is 10.8. The van der Waals surface area contributed by atoms with Crippen LogP contribution in [0.1, 0.15) is 41.7 Å². The quantitative estimate of drug-likeness (QED) is 0.633. The van der Waals surface area contributed by atoms with Gasteiger partial charge in [0.05, 0.1) is 29.9 Å². The average molecular weight is 402 g/mol. The maximum Gasteiger partial charge on any atom is 0.254 e. The zero-order chi connectivity index (χ0) is 20.7. The fraction of sp³-hybridized carbons (Fsp3) is 0.360. The third-order valence-electron chi connectivity index (χ3n) is 6.09. The van der Waals surface area contributed by atoms with Gasteiger partial charge in [-0.05, 0) is 44.0 Å². The molecule has 0 saturated heterocycles. The average Bonchev–Trinajstić information content (AvgIpc) is 3.62. The number of carbonyl (C=O) groups excluding carboxylic acids is 1. The van der Waals surface area contributed by atoms with Crippen LogP contribution in [0.25, 0.3) is 10.9 Å². The van der Waals surface area contributed by atoms with Crippen molar-refractivity contribution in [2.75, 3.05) is 31.6 Å². The number of benzene rings is 2. The first kappa shape index (κ1) is 18.9. The number of hydrogen-bond donors (Lipinski definition) is 0. The topological polar surface area (TPSA) is 45.7 Å². The summed E-state index contributed by atoms with van der Waals surface area (Å²) in [7, 11) is 1.87. The van der Waals surface area contributed by atoms with Crippen LogP contribution < -0.4 is 9.64 Å². The van der Waals surface area contributed by atoms with Gasteiger partial charge in [-0.15, -0.1) is 0 Å². The fourth-order valence-corrected chi connectivity index (χ4v) is 4.33. The van der Waals surface area contributed by atoms with Gasteiger partial charge in [-0.2, -0.15) is 0 Å². The summed E-state index contributed by atoms with van der Waals surface area (Å²) in [6.45, 7) is 4.37. The SMILES string of the molecule is CCN1CC(CN(C)C(=O)c2cc(C3CC3)nc3ccccc23)Oc2ccccc21. The predicted molar refractivity (Wildman–Crippen MR) is 119 cm³/mol. The summed E-state index contributed by atoms with van der Waals surface area (Å²) < 4.78 is 6.23. The summed E-state index contributed by atoms with van der Waals surface area (Å²) in [5.74, 6) is 1.42. The zero-order valence-corrected chi connectivity index (χ0v) is 17.5. The second-order valence-electron chi connectivity index (χ2n) is 8.32. The monoisotopic (exact) mass is 401 g/mol. The second kappa shape index (κ2) is 7.63. The second-order valence-corrected chi connectivity index (χ2v) is 8.32. The number of ether oxygens (including phenoxy) is 1. The first-order valence-electron chi connectivity index (χ1n) is 10.8. The Kier molecular flexibility index (Phi) is 4.81. The molecule has 5 nitrogen and oxygen atoms in total. The van der Waals surface area contributed by atoms with Gasteiger partial charge in [-0.1, -0.05) is 30.3 Å². The van der Waals surface area contributed by atoms with Crippen LogP contribution in [0.2, 0.25) is 0 Å². The number of rotatable bonds is 5. The van der Waals surface area contributed by atoms with E-state index in [-0.39, 0.29) is 12.0 Å². The maximum atomic E-state index is 13.5. The summed E-state index contributed by atoms with van der Waals surface area (Å²) in [4.78, 5) is 22.4. The van der Waals surface area contributed by atoms with E-state index in [0.717, 1.165) is 59.5 Å². The van der Waals surface area contributed by atoms with Gasteiger partial charge in [-0.25, -0.2) is 0 Å². The summed E-state index contributed by atoms with van der Waals surface area (Å²) in [5, 5.41) is 0.920. The first-order chi connectivity index (χ1) is 14.6. The van der Waals surface area contributed by atoms with Gasteiger partial charge in [-0.3, -0.25) is 9.78 Å². The molecule has 2 heterocycles. The predicted octanol–water partition coefficient (Wildman–Crippen LogP) is 4.47. The molecule has 2 aliphatic rings.